The van der Waals surface area contributed by atoms with E-state index in [0.29, 0.717) is 4.71 Å². The molecule has 1 nitrogen and oxygen atoms in total. The maximum atomic E-state index is 2.32. The van der Waals surface area contributed by atoms with E-state index < -0.39 is 0 Å². The van der Waals surface area contributed by atoms with Crippen molar-refractivity contribution in [3.63, 3.8) is 0 Å². The first-order valence-electron chi connectivity index (χ1n) is 3.84. The minimum Gasteiger partial charge on any atom is -1.00 e. The first kappa shape index (κ1) is 11.5. The van der Waals surface area contributed by atoms with Gasteiger partial charge in [0.15, 0.2) is 0 Å². The molecule has 0 saturated carbocycles. The van der Waals surface area contributed by atoms with E-state index in [9.17, 15) is 0 Å². The third-order valence-corrected chi connectivity index (χ3v) is 4.69. The van der Waals surface area contributed by atoms with Crippen LogP contribution in [0.1, 0.15) is 0 Å². The number of fused-ring (bicyclic) bond motifs is 1. The number of thioether (sulfide) groups is 2. The van der Waals surface area contributed by atoms with E-state index in [4.69, 9.17) is 0 Å². The Morgan fingerprint density at radius 2 is 2.08 bits per heavy atom. The molecule has 0 aliphatic carbocycles. The van der Waals surface area contributed by atoms with Crippen molar-refractivity contribution in [1.29, 1.82) is 0 Å². The van der Waals surface area contributed by atoms with Crippen molar-refractivity contribution in [2.75, 3.05) is 18.2 Å². The lowest BCUT2D eigenvalue weighted by Gasteiger charge is -2.18. The van der Waals surface area contributed by atoms with E-state index in [1.807, 2.05) is 23.5 Å². The number of anilines is 1. The van der Waals surface area contributed by atoms with Gasteiger partial charge in [0.2, 0.25) is 0 Å². The summed E-state index contributed by atoms with van der Waals surface area (Å²) in [6.07, 6.45) is 2.15. The average molecular weight is 324 g/mol. The fourth-order valence-corrected chi connectivity index (χ4v) is 3.46. The smallest absolute Gasteiger partial charge is 0.126 e. The first-order valence-corrected chi connectivity index (χ1v) is 6.01. The highest BCUT2D eigenvalue weighted by molar-refractivity contribution is 8.17. The summed E-state index contributed by atoms with van der Waals surface area (Å²) in [5, 5.41) is 0. The maximum absolute atomic E-state index is 2.32. The molecule has 0 fully saturated rings. The lowest BCUT2D eigenvalue weighted by Crippen LogP contribution is -3.00. The zero-order valence-electron chi connectivity index (χ0n) is 7.53. The van der Waals surface area contributed by atoms with Crippen molar-refractivity contribution in [2.45, 2.75) is 9.60 Å². The molecule has 0 bridgehead atoms. The molecule has 1 aromatic carbocycles. The summed E-state index contributed by atoms with van der Waals surface area (Å²) in [5.41, 5.74) is 1.36. The van der Waals surface area contributed by atoms with E-state index in [-0.39, 0.29) is 24.0 Å². The fraction of sp³-hybridized carbons (Fsp3) is 0.333. The highest BCUT2D eigenvalue weighted by Gasteiger charge is 2.25. The summed E-state index contributed by atoms with van der Waals surface area (Å²) in [6.45, 7) is 0. The van der Waals surface area contributed by atoms with Crippen LogP contribution in [0.5, 0.6) is 0 Å². The van der Waals surface area contributed by atoms with E-state index >= 15 is 0 Å². The SMILES string of the molecule is CSC1Sc2ccccc2N1C.[I-]. The molecular weight excluding hydrogens is 313 g/mol. The quantitative estimate of drug-likeness (QED) is 0.663. The van der Waals surface area contributed by atoms with Crippen LogP contribution in [-0.4, -0.2) is 18.0 Å². The number of hydrogen-bond donors (Lipinski definition) is 0. The molecule has 2 rings (SSSR count). The Balaban J connectivity index is 0.000000845. The highest BCUT2D eigenvalue weighted by Crippen LogP contribution is 2.45. The standard InChI is InChI=1S/C9H11NS2.HI/c1-10-7-5-3-4-6-8(7)12-9(10)11-2;/h3-6,9H,1-2H3;1H/p-1. The molecule has 0 radical (unpaired) electrons. The lowest BCUT2D eigenvalue weighted by molar-refractivity contribution is -0.00000235. The second-order valence-corrected chi connectivity index (χ2v) is 5.08. The molecule has 0 aromatic heterocycles. The number of halogens is 1. The second-order valence-electron chi connectivity index (χ2n) is 2.74. The summed E-state index contributed by atoms with van der Waals surface area (Å²) in [5.74, 6) is 0. The molecule has 0 amide bonds. The van der Waals surface area contributed by atoms with Gasteiger partial charge in [0.25, 0.3) is 0 Å². The number of hydrogen-bond acceptors (Lipinski definition) is 3. The van der Waals surface area contributed by atoms with E-state index in [1.165, 1.54) is 10.6 Å². The molecule has 1 aromatic rings. The number of benzene rings is 1. The zero-order valence-corrected chi connectivity index (χ0v) is 11.3. The molecular formula is C9H11INS2-. The molecule has 1 aliphatic rings. The summed E-state index contributed by atoms with van der Waals surface area (Å²) in [4.78, 5) is 3.73. The van der Waals surface area contributed by atoms with Crippen molar-refractivity contribution < 1.29 is 24.0 Å². The number of rotatable bonds is 1. The Morgan fingerprint density at radius 3 is 2.69 bits per heavy atom. The zero-order chi connectivity index (χ0) is 8.55. The van der Waals surface area contributed by atoms with Gasteiger partial charge in [0, 0.05) is 11.9 Å². The van der Waals surface area contributed by atoms with Gasteiger partial charge in [-0.25, -0.2) is 0 Å². The largest absolute Gasteiger partial charge is 1.00 e. The third kappa shape index (κ3) is 2.10. The predicted molar refractivity (Wildman–Crippen MR) is 58.0 cm³/mol. The van der Waals surface area contributed by atoms with Gasteiger partial charge >= 0.3 is 0 Å². The predicted octanol–water partition coefficient (Wildman–Crippen LogP) is -0.121. The minimum absolute atomic E-state index is 0. The average Bonchev–Trinajstić information content (AvgIpc) is 2.44. The van der Waals surface area contributed by atoms with E-state index in [0.717, 1.165) is 0 Å². The van der Waals surface area contributed by atoms with Crippen molar-refractivity contribution in [3.8, 4) is 0 Å². The molecule has 4 heteroatoms. The van der Waals surface area contributed by atoms with Crippen LogP contribution in [0.3, 0.4) is 0 Å². The second kappa shape index (κ2) is 4.79. The van der Waals surface area contributed by atoms with Crippen molar-refractivity contribution in [1.82, 2.24) is 0 Å². The molecule has 1 aliphatic heterocycles. The van der Waals surface area contributed by atoms with Crippen LogP contribution >= 0.6 is 23.5 Å². The van der Waals surface area contributed by atoms with Gasteiger partial charge in [0.05, 0.1) is 5.69 Å². The minimum atomic E-state index is 0. The normalized spacial score (nSPS) is 19.5. The number of nitrogens with zero attached hydrogens (tertiary/aromatic N) is 1. The van der Waals surface area contributed by atoms with Gasteiger partial charge in [-0.3, -0.25) is 0 Å². The van der Waals surface area contributed by atoms with Crippen LogP contribution < -0.4 is 28.9 Å². The van der Waals surface area contributed by atoms with E-state index in [1.54, 1.807) is 0 Å². The Bertz CT molecular complexity index is 293. The Morgan fingerprint density at radius 1 is 1.38 bits per heavy atom. The van der Waals surface area contributed by atoms with Crippen LogP contribution in [-0.2, 0) is 0 Å². The van der Waals surface area contributed by atoms with Gasteiger partial charge in [0.1, 0.15) is 4.71 Å². The van der Waals surface area contributed by atoms with Gasteiger partial charge in [-0.05, 0) is 18.4 Å². The van der Waals surface area contributed by atoms with Crippen LogP contribution in [0.15, 0.2) is 29.2 Å². The van der Waals surface area contributed by atoms with Gasteiger partial charge < -0.3 is 28.9 Å². The molecule has 1 heterocycles. The Kier molecular flexibility index (Phi) is 4.25. The Labute approximate surface area is 105 Å². The van der Waals surface area contributed by atoms with Crippen molar-refractivity contribution in [2.24, 2.45) is 0 Å². The van der Waals surface area contributed by atoms with Crippen molar-refractivity contribution in [3.05, 3.63) is 24.3 Å². The van der Waals surface area contributed by atoms with Crippen LogP contribution in [0.25, 0.3) is 0 Å². The monoisotopic (exact) mass is 324 g/mol. The van der Waals surface area contributed by atoms with E-state index in [2.05, 4.69) is 42.5 Å². The fourth-order valence-electron chi connectivity index (χ4n) is 1.36. The first-order chi connectivity index (χ1) is 5.83. The van der Waals surface area contributed by atoms with Gasteiger partial charge in [-0.2, -0.15) is 0 Å². The van der Waals surface area contributed by atoms with Crippen LogP contribution in [0.4, 0.5) is 5.69 Å². The third-order valence-electron chi connectivity index (χ3n) is 1.99. The van der Waals surface area contributed by atoms with Crippen molar-refractivity contribution >= 4 is 29.2 Å². The molecule has 1 unspecified atom stereocenters. The van der Waals surface area contributed by atoms with Gasteiger partial charge in [-0.1, -0.05) is 23.9 Å². The summed E-state index contributed by atoms with van der Waals surface area (Å²) in [7, 11) is 2.15. The summed E-state index contributed by atoms with van der Waals surface area (Å²) < 4.78 is 0.558. The molecule has 72 valence electrons. The van der Waals surface area contributed by atoms with Crippen LogP contribution in [0, 0.1) is 0 Å². The topological polar surface area (TPSA) is 3.24 Å². The highest BCUT2D eigenvalue weighted by atomic mass is 127. The molecule has 13 heavy (non-hydrogen) atoms. The summed E-state index contributed by atoms with van der Waals surface area (Å²) >= 11 is 3.82. The van der Waals surface area contributed by atoms with Gasteiger partial charge in [-0.15, -0.1) is 11.8 Å². The molecule has 1 atom stereocenters. The molecule has 0 saturated heterocycles. The maximum Gasteiger partial charge on any atom is 0.126 e. The molecule has 0 N–H and O–H groups in total. The number of para-hydroxylation sites is 1. The van der Waals surface area contributed by atoms with Crippen LogP contribution in [0.2, 0.25) is 0 Å². The lowest BCUT2D eigenvalue weighted by atomic mass is 10.3. The summed E-state index contributed by atoms with van der Waals surface area (Å²) in [6, 6.07) is 8.56. The molecule has 0 spiro atoms. The Hall–Kier alpha value is 0.450.